The average Bonchev–Trinajstić information content (AvgIpc) is 2.70. The molecule has 3 aromatic rings. The summed E-state index contributed by atoms with van der Waals surface area (Å²) in [7, 11) is 0. The van der Waals surface area contributed by atoms with E-state index in [0.29, 0.717) is 11.0 Å². The molecule has 2 heterocycles. The Morgan fingerprint density at radius 2 is 2.16 bits per heavy atom. The lowest BCUT2D eigenvalue weighted by molar-refractivity contribution is -0.112. The van der Waals surface area contributed by atoms with Crippen molar-refractivity contribution in [1.82, 2.24) is 9.72 Å². The lowest BCUT2D eigenvalue weighted by atomic mass is 10.2. The SMILES string of the molecule is CC(=O)/C=C/n1oc(=O)c2cc3ccccc3nc21. The van der Waals surface area contributed by atoms with Gasteiger partial charge in [0.15, 0.2) is 11.4 Å². The molecule has 0 aliphatic carbocycles. The highest BCUT2D eigenvalue weighted by atomic mass is 16.5. The number of allylic oxidation sites excluding steroid dienone is 1. The molecular formula is C14H10N2O3. The van der Waals surface area contributed by atoms with Crippen LogP contribution in [-0.2, 0) is 4.79 Å². The molecule has 0 aliphatic heterocycles. The fraction of sp³-hybridized carbons (Fsp3) is 0.0714. The van der Waals surface area contributed by atoms with E-state index in [-0.39, 0.29) is 5.78 Å². The Bertz CT molecular complexity index is 871. The molecular weight excluding hydrogens is 244 g/mol. The highest BCUT2D eigenvalue weighted by Crippen LogP contribution is 2.17. The maximum Gasteiger partial charge on any atom is 0.367 e. The molecule has 3 rings (SSSR count). The van der Waals surface area contributed by atoms with Crippen LogP contribution in [0.4, 0.5) is 0 Å². The predicted octanol–water partition coefficient (Wildman–Crippen LogP) is 2.20. The number of hydrogen-bond acceptors (Lipinski definition) is 4. The van der Waals surface area contributed by atoms with Gasteiger partial charge in [-0.25, -0.2) is 9.78 Å². The van der Waals surface area contributed by atoms with Crippen LogP contribution < -0.4 is 5.63 Å². The molecule has 5 heteroatoms. The summed E-state index contributed by atoms with van der Waals surface area (Å²) in [5, 5.41) is 1.27. The van der Waals surface area contributed by atoms with Crippen LogP contribution in [0.2, 0.25) is 0 Å². The molecule has 0 radical (unpaired) electrons. The third-order valence-corrected chi connectivity index (χ3v) is 2.76. The van der Waals surface area contributed by atoms with E-state index in [2.05, 4.69) is 4.98 Å². The van der Waals surface area contributed by atoms with Crippen molar-refractivity contribution in [2.45, 2.75) is 6.92 Å². The highest BCUT2D eigenvalue weighted by Gasteiger charge is 2.10. The Morgan fingerprint density at radius 1 is 1.37 bits per heavy atom. The van der Waals surface area contributed by atoms with Crippen molar-refractivity contribution < 1.29 is 9.32 Å². The molecule has 0 unspecified atom stereocenters. The molecule has 5 nitrogen and oxygen atoms in total. The van der Waals surface area contributed by atoms with Gasteiger partial charge in [-0.3, -0.25) is 4.79 Å². The topological polar surface area (TPSA) is 65.1 Å². The third kappa shape index (κ3) is 1.95. The van der Waals surface area contributed by atoms with E-state index in [4.69, 9.17) is 4.52 Å². The third-order valence-electron chi connectivity index (χ3n) is 2.76. The minimum atomic E-state index is -0.471. The van der Waals surface area contributed by atoms with Crippen molar-refractivity contribution in [2.75, 3.05) is 0 Å². The Hall–Kier alpha value is -2.69. The van der Waals surface area contributed by atoms with Crippen molar-refractivity contribution in [3.05, 3.63) is 46.8 Å². The van der Waals surface area contributed by atoms with Crippen molar-refractivity contribution in [3.8, 4) is 0 Å². The van der Waals surface area contributed by atoms with Gasteiger partial charge < -0.3 is 4.52 Å². The summed E-state index contributed by atoms with van der Waals surface area (Å²) in [6, 6.07) is 9.22. The second kappa shape index (κ2) is 4.20. The number of para-hydroxylation sites is 1. The van der Waals surface area contributed by atoms with E-state index in [1.54, 1.807) is 6.07 Å². The van der Waals surface area contributed by atoms with Crippen LogP contribution >= 0.6 is 0 Å². The minimum Gasteiger partial charge on any atom is -0.329 e. The number of aromatic nitrogens is 2. The number of benzene rings is 1. The van der Waals surface area contributed by atoms with E-state index in [1.807, 2.05) is 24.3 Å². The number of carbonyl (C=O) groups is 1. The Balaban J connectivity index is 2.33. The maximum absolute atomic E-state index is 11.7. The summed E-state index contributed by atoms with van der Waals surface area (Å²) in [6.45, 7) is 1.42. The number of carbonyl (C=O) groups excluding carboxylic acids is 1. The number of ketones is 1. The van der Waals surface area contributed by atoms with Gasteiger partial charge in [-0.05, 0) is 19.1 Å². The van der Waals surface area contributed by atoms with Crippen molar-refractivity contribution in [1.29, 1.82) is 0 Å². The summed E-state index contributed by atoms with van der Waals surface area (Å²) in [5.74, 6) is -0.134. The molecule has 0 amide bonds. The van der Waals surface area contributed by atoms with E-state index in [1.165, 1.54) is 23.9 Å². The molecule has 0 bridgehead atoms. The largest absolute Gasteiger partial charge is 0.367 e. The standard InChI is InChI=1S/C14H10N2O3/c1-9(17)6-7-16-13-11(14(18)19-16)8-10-4-2-3-5-12(10)15-13/h2-8H,1H3/b7-6+. The average molecular weight is 254 g/mol. The summed E-state index contributed by atoms with van der Waals surface area (Å²) in [4.78, 5) is 27.1. The fourth-order valence-corrected chi connectivity index (χ4v) is 1.88. The van der Waals surface area contributed by atoms with Crippen LogP contribution in [0.15, 0.2) is 45.7 Å². The van der Waals surface area contributed by atoms with Crippen LogP contribution in [-0.4, -0.2) is 15.5 Å². The second-order valence-electron chi connectivity index (χ2n) is 4.18. The minimum absolute atomic E-state index is 0.134. The maximum atomic E-state index is 11.7. The van der Waals surface area contributed by atoms with Crippen LogP contribution in [0, 0.1) is 0 Å². The molecule has 94 valence electrons. The van der Waals surface area contributed by atoms with Crippen LogP contribution in [0.25, 0.3) is 28.1 Å². The summed E-state index contributed by atoms with van der Waals surface area (Å²) in [5.41, 5.74) is 0.698. The number of nitrogens with zero attached hydrogens (tertiary/aromatic N) is 2. The summed E-state index contributed by atoms with van der Waals surface area (Å²) >= 11 is 0. The van der Waals surface area contributed by atoms with Crippen LogP contribution in [0.1, 0.15) is 6.92 Å². The zero-order valence-corrected chi connectivity index (χ0v) is 10.2. The second-order valence-corrected chi connectivity index (χ2v) is 4.18. The number of pyridine rings is 1. The van der Waals surface area contributed by atoms with Gasteiger partial charge in [0.05, 0.1) is 11.7 Å². The first-order valence-corrected chi connectivity index (χ1v) is 5.75. The van der Waals surface area contributed by atoms with Gasteiger partial charge in [0, 0.05) is 11.5 Å². The number of hydrogen-bond donors (Lipinski definition) is 0. The molecule has 0 saturated heterocycles. The molecule has 19 heavy (non-hydrogen) atoms. The fourth-order valence-electron chi connectivity index (χ4n) is 1.88. The Kier molecular flexibility index (Phi) is 2.52. The molecule has 0 atom stereocenters. The molecule has 0 aliphatic rings. The lowest BCUT2D eigenvalue weighted by Gasteiger charge is -1.97. The zero-order chi connectivity index (χ0) is 13.4. The predicted molar refractivity (Wildman–Crippen MR) is 71.8 cm³/mol. The van der Waals surface area contributed by atoms with Crippen molar-refractivity contribution in [3.63, 3.8) is 0 Å². The molecule has 0 saturated carbocycles. The molecule has 1 aromatic carbocycles. The van der Waals surface area contributed by atoms with E-state index in [0.717, 1.165) is 10.9 Å². The highest BCUT2D eigenvalue weighted by molar-refractivity contribution is 5.93. The first kappa shape index (κ1) is 11.4. The van der Waals surface area contributed by atoms with Crippen LogP contribution in [0.5, 0.6) is 0 Å². The zero-order valence-electron chi connectivity index (χ0n) is 10.2. The monoisotopic (exact) mass is 254 g/mol. The van der Waals surface area contributed by atoms with Gasteiger partial charge in [0.1, 0.15) is 5.39 Å². The first-order chi connectivity index (χ1) is 9.15. The quantitative estimate of drug-likeness (QED) is 0.657. The van der Waals surface area contributed by atoms with Crippen molar-refractivity contribution in [2.24, 2.45) is 0 Å². The first-order valence-electron chi connectivity index (χ1n) is 5.75. The normalized spacial score (nSPS) is 11.6. The Labute approximate surface area is 107 Å². The summed E-state index contributed by atoms with van der Waals surface area (Å²) in [6.07, 6.45) is 2.72. The van der Waals surface area contributed by atoms with Gasteiger partial charge >= 0.3 is 5.63 Å². The van der Waals surface area contributed by atoms with Gasteiger partial charge in [-0.2, -0.15) is 4.74 Å². The lowest BCUT2D eigenvalue weighted by Crippen LogP contribution is -1.91. The van der Waals surface area contributed by atoms with E-state index in [9.17, 15) is 9.59 Å². The molecule has 0 N–H and O–H groups in total. The molecule has 0 spiro atoms. The van der Waals surface area contributed by atoms with E-state index >= 15 is 0 Å². The van der Waals surface area contributed by atoms with Gasteiger partial charge in [0.2, 0.25) is 0 Å². The van der Waals surface area contributed by atoms with Gasteiger partial charge in [0.25, 0.3) is 0 Å². The number of rotatable bonds is 2. The van der Waals surface area contributed by atoms with Crippen LogP contribution in [0.3, 0.4) is 0 Å². The Morgan fingerprint density at radius 3 is 2.95 bits per heavy atom. The van der Waals surface area contributed by atoms with Gasteiger partial charge in [-0.15, -0.1) is 0 Å². The van der Waals surface area contributed by atoms with E-state index < -0.39 is 5.63 Å². The van der Waals surface area contributed by atoms with Gasteiger partial charge in [-0.1, -0.05) is 18.2 Å². The molecule has 2 aromatic heterocycles. The van der Waals surface area contributed by atoms with Crippen molar-refractivity contribution >= 4 is 33.9 Å². The number of fused-ring (bicyclic) bond motifs is 2. The molecule has 0 fully saturated rings. The smallest absolute Gasteiger partial charge is 0.329 e. The summed E-state index contributed by atoms with van der Waals surface area (Å²) < 4.78 is 6.26.